The third-order valence-corrected chi connectivity index (χ3v) is 2.13. The first-order valence-corrected chi connectivity index (χ1v) is 4.53. The van der Waals surface area contributed by atoms with Gasteiger partial charge in [0.05, 0.1) is 0 Å². The van der Waals surface area contributed by atoms with Gasteiger partial charge in [-0.1, -0.05) is 19.9 Å². The molecule has 0 rings (SSSR count). The van der Waals surface area contributed by atoms with Gasteiger partial charge in [0, 0.05) is 11.3 Å². The molecule has 0 amide bonds. The molecule has 0 spiro atoms. The van der Waals surface area contributed by atoms with E-state index in [0.29, 0.717) is 5.25 Å². The second-order valence-corrected chi connectivity index (χ2v) is 4.55. The number of aliphatic carboxylic acids is 1. The first-order chi connectivity index (χ1) is 5.02. The highest BCUT2D eigenvalue weighted by Crippen LogP contribution is 2.17. The summed E-state index contributed by atoms with van der Waals surface area (Å²) in [6.07, 6.45) is 2.90. The van der Waals surface area contributed by atoms with E-state index >= 15 is 0 Å². The Balaban J connectivity index is 3.68. The Kier molecular flexibility index (Phi) is 5.03. The lowest BCUT2D eigenvalue weighted by Gasteiger charge is -2.07. The molecule has 1 N–H and O–H groups in total. The summed E-state index contributed by atoms with van der Waals surface area (Å²) in [5.41, 5.74) is 0. The van der Waals surface area contributed by atoms with Crippen LogP contribution < -0.4 is 0 Å². The smallest absolute Gasteiger partial charge is 0.328 e. The van der Waals surface area contributed by atoms with E-state index in [4.69, 9.17) is 5.11 Å². The zero-order chi connectivity index (χ0) is 8.85. The van der Waals surface area contributed by atoms with Crippen molar-refractivity contribution in [1.82, 2.24) is 0 Å². The predicted molar refractivity (Wildman–Crippen MR) is 49.0 cm³/mol. The summed E-state index contributed by atoms with van der Waals surface area (Å²) < 4.78 is 0. The number of hydrogen-bond acceptors (Lipinski definition) is 2. The number of thioether (sulfide) groups is 1. The first kappa shape index (κ1) is 10.6. The molecule has 64 valence electrons. The van der Waals surface area contributed by atoms with Crippen molar-refractivity contribution in [2.24, 2.45) is 0 Å². The molecule has 0 aromatic heterocycles. The van der Waals surface area contributed by atoms with Crippen LogP contribution in [0.3, 0.4) is 0 Å². The molecule has 0 saturated carbocycles. The second kappa shape index (κ2) is 5.24. The highest BCUT2D eigenvalue weighted by Gasteiger charge is 2.00. The molecule has 0 aromatic rings. The molecule has 0 aliphatic rings. The van der Waals surface area contributed by atoms with Crippen molar-refractivity contribution in [1.29, 1.82) is 0 Å². The lowest BCUT2D eigenvalue weighted by molar-refractivity contribution is -0.131. The Morgan fingerprint density at radius 1 is 1.45 bits per heavy atom. The van der Waals surface area contributed by atoms with Crippen molar-refractivity contribution in [2.45, 2.75) is 31.3 Å². The van der Waals surface area contributed by atoms with Crippen molar-refractivity contribution < 1.29 is 9.90 Å². The zero-order valence-corrected chi connectivity index (χ0v) is 7.89. The Morgan fingerprint density at radius 3 is 2.36 bits per heavy atom. The van der Waals surface area contributed by atoms with Crippen LogP contribution in [0.5, 0.6) is 0 Å². The number of carboxylic acids is 1. The van der Waals surface area contributed by atoms with Crippen molar-refractivity contribution in [2.75, 3.05) is 0 Å². The molecule has 2 nitrogen and oxygen atoms in total. The fourth-order valence-corrected chi connectivity index (χ4v) is 1.72. The SMILES string of the molecule is CC(C)SC(C)C=CC(=O)O. The van der Waals surface area contributed by atoms with Gasteiger partial charge < -0.3 is 5.11 Å². The third kappa shape index (κ3) is 7.46. The largest absolute Gasteiger partial charge is 0.478 e. The highest BCUT2D eigenvalue weighted by molar-refractivity contribution is 8.00. The van der Waals surface area contributed by atoms with E-state index in [1.54, 1.807) is 17.8 Å². The Hall–Kier alpha value is -0.440. The molecule has 0 saturated heterocycles. The second-order valence-electron chi connectivity index (χ2n) is 2.59. The molecule has 1 unspecified atom stereocenters. The molecule has 11 heavy (non-hydrogen) atoms. The van der Waals surface area contributed by atoms with Gasteiger partial charge in [-0.05, 0) is 12.2 Å². The standard InChI is InChI=1S/C8H14O2S/c1-6(2)11-7(3)4-5-8(9)10/h4-7H,1-3H3,(H,9,10). The molecule has 0 fully saturated rings. The Bertz CT molecular complexity index is 152. The van der Waals surface area contributed by atoms with Gasteiger partial charge in [0.25, 0.3) is 0 Å². The molecule has 1 atom stereocenters. The monoisotopic (exact) mass is 174 g/mol. The maximum Gasteiger partial charge on any atom is 0.328 e. The van der Waals surface area contributed by atoms with Crippen LogP contribution in [0.4, 0.5) is 0 Å². The fraction of sp³-hybridized carbons (Fsp3) is 0.625. The molecular weight excluding hydrogens is 160 g/mol. The molecule has 0 aliphatic carbocycles. The van der Waals surface area contributed by atoms with Crippen LogP contribution in [0.25, 0.3) is 0 Å². The van der Waals surface area contributed by atoms with Gasteiger partial charge in [0.15, 0.2) is 0 Å². The van der Waals surface area contributed by atoms with Gasteiger partial charge in [-0.25, -0.2) is 4.79 Å². The molecule has 3 heteroatoms. The van der Waals surface area contributed by atoms with E-state index in [1.165, 1.54) is 6.08 Å². The zero-order valence-electron chi connectivity index (χ0n) is 7.07. The van der Waals surface area contributed by atoms with Crippen LogP contribution in [0.15, 0.2) is 12.2 Å². The van der Waals surface area contributed by atoms with Crippen molar-refractivity contribution in [3.8, 4) is 0 Å². The van der Waals surface area contributed by atoms with E-state index in [1.807, 2.05) is 6.92 Å². The highest BCUT2D eigenvalue weighted by atomic mass is 32.2. The van der Waals surface area contributed by atoms with E-state index in [0.717, 1.165) is 0 Å². The summed E-state index contributed by atoms with van der Waals surface area (Å²) in [6, 6.07) is 0. The molecule has 0 radical (unpaired) electrons. The fourth-order valence-electron chi connectivity index (χ4n) is 0.692. The minimum Gasteiger partial charge on any atom is -0.478 e. The Labute approximate surface area is 71.7 Å². The average molecular weight is 174 g/mol. The third-order valence-electron chi connectivity index (χ3n) is 0.997. The summed E-state index contributed by atoms with van der Waals surface area (Å²) >= 11 is 1.75. The lowest BCUT2D eigenvalue weighted by atomic mass is 10.4. The quantitative estimate of drug-likeness (QED) is 0.663. The summed E-state index contributed by atoms with van der Waals surface area (Å²) in [5, 5.41) is 9.13. The number of hydrogen-bond donors (Lipinski definition) is 1. The summed E-state index contributed by atoms with van der Waals surface area (Å²) in [5.74, 6) is -0.874. The maximum absolute atomic E-state index is 10.1. The molecule has 0 bridgehead atoms. The van der Waals surface area contributed by atoms with Gasteiger partial charge in [0.1, 0.15) is 0 Å². The van der Waals surface area contributed by atoms with Crippen molar-refractivity contribution in [3.63, 3.8) is 0 Å². The van der Waals surface area contributed by atoms with Crippen LogP contribution in [0, 0.1) is 0 Å². The normalized spacial score (nSPS) is 14.2. The number of rotatable bonds is 4. The van der Waals surface area contributed by atoms with E-state index in [9.17, 15) is 4.79 Å². The lowest BCUT2D eigenvalue weighted by Crippen LogP contribution is -1.98. The van der Waals surface area contributed by atoms with Crippen LogP contribution in [0.2, 0.25) is 0 Å². The van der Waals surface area contributed by atoms with Gasteiger partial charge in [-0.15, -0.1) is 0 Å². The van der Waals surface area contributed by atoms with E-state index in [2.05, 4.69) is 13.8 Å². The van der Waals surface area contributed by atoms with Crippen LogP contribution >= 0.6 is 11.8 Å². The summed E-state index contributed by atoms with van der Waals surface area (Å²) in [4.78, 5) is 10.1. The number of carbonyl (C=O) groups is 1. The predicted octanol–water partition coefficient (Wildman–Crippen LogP) is 2.16. The molecular formula is C8H14O2S. The van der Waals surface area contributed by atoms with E-state index < -0.39 is 5.97 Å². The Morgan fingerprint density at radius 2 is 2.00 bits per heavy atom. The summed E-state index contributed by atoms with van der Waals surface area (Å²) in [7, 11) is 0. The topological polar surface area (TPSA) is 37.3 Å². The van der Waals surface area contributed by atoms with Crippen molar-refractivity contribution >= 4 is 17.7 Å². The number of carboxylic acid groups (broad SMARTS) is 1. The minimum absolute atomic E-state index is 0.283. The van der Waals surface area contributed by atoms with Gasteiger partial charge >= 0.3 is 5.97 Å². The van der Waals surface area contributed by atoms with Gasteiger partial charge in [0.2, 0.25) is 0 Å². The maximum atomic E-state index is 10.1. The first-order valence-electron chi connectivity index (χ1n) is 3.59. The minimum atomic E-state index is -0.874. The van der Waals surface area contributed by atoms with Crippen molar-refractivity contribution in [3.05, 3.63) is 12.2 Å². The van der Waals surface area contributed by atoms with Crippen LogP contribution in [0.1, 0.15) is 20.8 Å². The average Bonchev–Trinajstić information content (AvgIpc) is 1.82. The van der Waals surface area contributed by atoms with E-state index in [-0.39, 0.29) is 5.25 Å². The molecule has 0 aromatic carbocycles. The molecule has 0 aliphatic heterocycles. The van der Waals surface area contributed by atoms with Crippen LogP contribution in [-0.2, 0) is 4.79 Å². The van der Waals surface area contributed by atoms with Crippen LogP contribution in [-0.4, -0.2) is 21.6 Å². The van der Waals surface area contributed by atoms with Gasteiger partial charge in [-0.2, -0.15) is 11.8 Å². The molecule has 0 heterocycles. The van der Waals surface area contributed by atoms with Gasteiger partial charge in [-0.3, -0.25) is 0 Å². The summed E-state index contributed by atoms with van der Waals surface area (Å²) in [6.45, 7) is 6.18.